The molecule has 28 heavy (non-hydrogen) atoms. The molecule has 0 atom stereocenters. The number of esters is 1. The molecule has 2 aromatic carbocycles. The number of ether oxygens (including phenoxy) is 2. The fraction of sp³-hybridized carbons (Fsp3) is 0.286. The first kappa shape index (κ1) is 19.4. The molecule has 0 aliphatic carbocycles. The lowest BCUT2D eigenvalue weighted by Crippen LogP contribution is -2.44. The normalized spacial score (nSPS) is 13.0. The number of amides is 2. The van der Waals surface area contributed by atoms with Gasteiger partial charge in [0.05, 0.1) is 11.4 Å². The molecule has 0 unspecified atom stereocenters. The maximum atomic E-state index is 12.5. The van der Waals surface area contributed by atoms with E-state index in [0.717, 1.165) is 5.56 Å². The van der Waals surface area contributed by atoms with Gasteiger partial charge in [-0.3, -0.25) is 14.5 Å². The minimum atomic E-state index is -0.651. The molecule has 0 saturated carbocycles. The number of nitrogens with zero attached hydrogens (tertiary/aromatic N) is 1. The number of hydrogen-bond donors (Lipinski definition) is 1. The predicted octanol–water partition coefficient (Wildman–Crippen LogP) is 2.72. The van der Waals surface area contributed by atoms with Gasteiger partial charge in [-0.2, -0.15) is 0 Å². The molecule has 2 amide bonds. The quantitative estimate of drug-likeness (QED) is 0.777. The molecule has 0 bridgehead atoms. The van der Waals surface area contributed by atoms with Crippen molar-refractivity contribution in [3.63, 3.8) is 0 Å². The van der Waals surface area contributed by atoms with Crippen molar-refractivity contribution in [2.75, 3.05) is 30.0 Å². The van der Waals surface area contributed by atoms with Gasteiger partial charge in [0, 0.05) is 0 Å². The molecule has 7 nitrogen and oxygen atoms in total. The lowest BCUT2D eigenvalue weighted by Gasteiger charge is -2.28. The summed E-state index contributed by atoms with van der Waals surface area (Å²) in [5.74, 6) is -0.562. The molecule has 7 heteroatoms. The molecule has 1 heterocycles. The van der Waals surface area contributed by atoms with Gasteiger partial charge in [0.1, 0.15) is 12.3 Å². The van der Waals surface area contributed by atoms with Crippen molar-refractivity contribution in [1.29, 1.82) is 0 Å². The number of fused-ring (bicyclic) bond motifs is 1. The minimum absolute atomic E-state index is 0.119. The van der Waals surface area contributed by atoms with Crippen molar-refractivity contribution in [1.82, 2.24) is 0 Å². The smallest absolute Gasteiger partial charge is 0.344 e. The van der Waals surface area contributed by atoms with Crippen molar-refractivity contribution in [2.24, 2.45) is 0 Å². The van der Waals surface area contributed by atoms with Gasteiger partial charge < -0.3 is 14.8 Å². The van der Waals surface area contributed by atoms with Gasteiger partial charge in [-0.1, -0.05) is 44.2 Å². The SMILES string of the molecule is CC(C)c1ccccc1OCC(=O)OCC(=O)N1CC(=O)Nc2ccccc21. The molecule has 1 aliphatic rings. The Morgan fingerprint density at radius 1 is 1.07 bits per heavy atom. The van der Waals surface area contributed by atoms with E-state index in [4.69, 9.17) is 9.47 Å². The number of nitrogens with one attached hydrogen (secondary N) is 1. The summed E-state index contributed by atoms with van der Waals surface area (Å²) in [4.78, 5) is 37.5. The van der Waals surface area contributed by atoms with Crippen LogP contribution in [0.15, 0.2) is 48.5 Å². The summed E-state index contributed by atoms with van der Waals surface area (Å²) >= 11 is 0. The molecule has 1 aliphatic heterocycles. The monoisotopic (exact) mass is 382 g/mol. The molecule has 0 fully saturated rings. The van der Waals surface area contributed by atoms with E-state index in [1.54, 1.807) is 30.3 Å². The van der Waals surface area contributed by atoms with Crippen molar-refractivity contribution in [2.45, 2.75) is 19.8 Å². The second-order valence-electron chi connectivity index (χ2n) is 6.69. The largest absolute Gasteiger partial charge is 0.482 e. The summed E-state index contributed by atoms with van der Waals surface area (Å²) in [6.07, 6.45) is 0. The van der Waals surface area contributed by atoms with Gasteiger partial charge >= 0.3 is 5.97 Å². The summed E-state index contributed by atoms with van der Waals surface area (Å²) in [5, 5.41) is 2.70. The van der Waals surface area contributed by atoms with Crippen LogP contribution in [0.5, 0.6) is 5.75 Å². The molecule has 0 saturated heterocycles. The molecule has 0 spiro atoms. The lowest BCUT2D eigenvalue weighted by molar-refractivity contribution is -0.149. The van der Waals surface area contributed by atoms with E-state index < -0.39 is 18.5 Å². The first-order chi connectivity index (χ1) is 13.5. The third-order valence-corrected chi connectivity index (χ3v) is 4.31. The Bertz CT molecular complexity index is 894. The Morgan fingerprint density at radius 3 is 2.57 bits per heavy atom. The Morgan fingerprint density at radius 2 is 1.79 bits per heavy atom. The van der Waals surface area contributed by atoms with E-state index in [9.17, 15) is 14.4 Å². The zero-order valence-corrected chi connectivity index (χ0v) is 15.8. The van der Waals surface area contributed by atoms with Gasteiger partial charge in [-0.25, -0.2) is 4.79 Å². The van der Waals surface area contributed by atoms with Crippen molar-refractivity contribution >= 4 is 29.2 Å². The van der Waals surface area contributed by atoms with Crippen molar-refractivity contribution in [3.8, 4) is 5.75 Å². The summed E-state index contributed by atoms with van der Waals surface area (Å²) in [5.41, 5.74) is 2.11. The van der Waals surface area contributed by atoms with Gasteiger partial charge in [-0.15, -0.1) is 0 Å². The first-order valence-corrected chi connectivity index (χ1v) is 9.02. The van der Waals surface area contributed by atoms with E-state index >= 15 is 0 Å². The minimum Gasteiger partial charge on any atom is -0.482 e. The number of carbonyl (C=O) groups excluding carboxylic acids is 3. The van der Waals surface area contributed by atoms with Crippen LogP contribution < -0.4 is 15.0 Å². The summed E-state index contributed by atoms with van der Waals surface area (Å²) < 4.78 is 10.6. The maximum Gasteiger partial charge on any atom is 0.344 e. The highest BCUT2D eigenvalue weighted by Crippen LogP contribution is 2.29. The molecular weight excluding hydrogens is 360 g/mol. The third-order valence-electron chi connectivity index (χ3n) is 4.31. The van der Waals surface area contributed by atoms with Crippen molar-refractivity contribution in [3.05, 3.63) is 54.1 Å². The molecule has 0 aromatic heterocycles. The highest BCUT2D eigenvalue weighted by molar-refractivity contribution is 6.10. The van der Waals surface area contributed by atoms with E-state index in [2.05, 4.69) is 5.32 Å². The van der Waals surface area contributed by atoms with E-state index in [1.807, 2.05) is 32.0 Å². The summed E-state index contributed by atoms with van der Waals surface area (Å²) in [7, 11) is 0. The fourth-order valence-electron chi connectivity index (χ4n) is 2.94. The van der Waals surface area contributed by atoms with Crippen LogP contribution in [0.4, 0.5) is 11.4 Å². The van der Waals surface area contributed by atoms with Crippen LogP contribution in [-0.2, 0) is 19.1 Å². The summed E-state index contributed by atoms with van der Waals surface area (Å²) in [6, 6.07) is 14.4. The predicted molar refractivity (Wildman–Crippen MR) is 104 cm³/mol. The number of carbonyl (C=O) groups is 3. The van der Waals surface area contributed by atoms with Crippen molar-refractivity contribution < 1.29 is 23.9 Å². The molecule has 2 aromatic rings. The van der Waals surface area contributed by atoms with Crippen LogP contribution in [0, 0.1) is 0 Å². The van der Waals surface area contributed by atoms with Gasteiger partial charge in [-0.05, 0) is 29.7 Å². The number of anilines is 2. The van der Waals surface area contributed by atoms with Crippen LogP contribution >= 0.6 is 0 Å². The highest BCUT2D eigenvalue weighted by Gasteiger charge is 2.27. The Hall–Kier alpha value is -3.35. The van der Waals surface area contributed by atoms with Gasteiger partial charge in [0.15, 0.2) is 13.2 Å². The average Bonchev–Trinajstić information content (AvgIpc) is 2.69. The molecule has 1 N–H and O–H groups in total. The number of hydrogen-bond acceptors (Lipinski definition) is 5. The zero-order chi connectivity index (χ0) is 20.1. The summed E-state index contributed by atoms with van der Waals surface area (Å²) in [6.45, 7) is 3.19. The fourth-order valence-corrected chi connectivity index (χ4v) is 2.94. The Balaban J connectivity index is 1.55. The van der Waals surface area contributed by atoms with Crippen LogP contribution in [0.25, 0.3) is 0 Å². The highest BCUT2D eigenvalue weighted by atomic mass is 16.6. The Labute approximate surface area is 163 Å². The van der Waals surface area contributed by atoms with Crippen LogP contribution in [0.2, 0.25) is 0 Å². The number of para-hydroxylation sites is 3. The molecular formula is C21H22N2O5. The van der Waals surface area contributed by atoms with Gasteiger partial charge in [0.2, 0.25) is 5.91 Å². The first-order valence-electron chi connectivity index (χ1n) is 9.02. The molecule has 146 valence electrons. The zero-order valence-electron chi connectivity index (χ0n) is 15.8. The van der Waals surface area contributed by atoms with Crippen LogP contribution in [0.1, 0.15) is 25.3 Å². The maximum absolute atomic E-state index is 12.5. The topological polar surface area (TPSA) is 84.9 Å². The Kier molecular flexibility index (Phi) is 5.93. The standard InChI is InChI=1S/C21H22N2O5/c1-14(2)15-7-3-6-10-18(15)27-13-21(26)28-12-20(25)23-11-19(24)22-16-8-4-5-9-17(16)23/h3-10,14H,11-13H2,1-2H3,(H,22,24). The average molecular weight is 382 g/mol. The molecule has 0 radical (unpaired) electrons. The van der Waals surface area contributed by atoms with E-state index in [1.165, 1.54) is 4.90 Å². The number of benzene rings is 2. The lowest BCUT2D eigenvalue weighted by atomic mass is 10.0. The van der Waals surface area contributed by atoms with E-state index in [-0.39, 0.29) is 25.0 Å². The van der Waals surface area contributed by atoms with Crippen LogP contribution in [0.3, 0.4) is 0 Å². The van der Waals surface area contributed by atoms with E-state index in [0.29, 0.717) is 17.1 Å². The number of rotatable bonds is 6. The third kappa shape index (κ3) is 4.49. The van der Waals surface area contributed by atoms with Gasteiger partial charge in [0.25, 0.3) is 5.91 Å². The second kappa shape index (κ2) is 8.56. The molecule has 3 rings (SSSR count). The second-order valence-corrected chi connectivity index (χ2v) is 6.69. The van der Waals surface area contributed by atoms with Crippen LogP contribution in [-0.4, -0.2) is 37.5 Å².